The van der Waals surface area contributed by atoms with E-state index in [0.29, 0.717) is 32.0 Å². The maximum Gasteiger partial charge on any atom is 0.410 e. The molecule has 5 rings (SSSR count). The lowest BCUT2D eigenvalue weighted by atomic mass is 10.1. The number of nitrogens with zero attached hydrogens (tertiary/aromatic N) is 5. The van der Waals surface area contributed by atoms with Gasteiger partial charge in [0.25, 0.3) is 0 Å². The van der Waals surface area contributed by atoms with E-state index in [-0.39, 0.29) is 12.2 Å². The number of aryl methyl sites for hydroxylation is 1. The lowest BCUT2D eigenvalue weighted by molar-refractivity contribution is 0.0223. The normalized spacial score (nSPS) is 17.4. The number of hydrogen-bond acceptors (Lipinski definition) is 8. The van der Waals surface area contributed by atoms with E-state index >= 15 is 0 Å². The summed E-state index contributed by atoms with van der Waals surface area (Å²) in [6.45, 7) is 10.0. The van der Waals surface area contributed by atoms with Gasteiger partial charge in [0.15, 0.2) is 0 Å². The second-order valence-electron chi connectivity index (χ2n) is 10.5. The molecule has 4 heterocycles. The zero-order chi connectivity index (χ0) is 26.0. The Hall–Kier alpha value is -3.66. The third-order valence-electron chi connectivity index (χ3n) is 6.46. The van der Waals surface area contributed by atoms with Gasteiger partial charge in [-0.2, -0.15) is 4.98 Å². The largest absolute Gasteiger partial charge is 0.444 e. The van der Waals surface area contributed by atoms with Crippen molar-refractivity contribution < 1.29 is 14.3 Å². The van der Waals surface area contributed by atoms with Crippen molar-refractivity contribution in [2.75, 3.05) is 30.3 Å². The van der Waals surface area contributed by atoms with Gasteiger partial charge >= 0.3 is 6.09 Å². The van der Waals surface area contributed by atoms with E-state index in [2.05, 4.69) is 15.6 Å². The summed E-state index contributed by atoms with van der Waals surface area (Å²) in [5, 5.41) is 6.83. The summed E-state index contributed by atoms with van der Waals surface area (Å²) in [5.74, 6) is 2.17. The minimum absolute atomic E-state index is 0.159. The van der Waals surface area contributed by atoms with Gasteiger partial charge in [-0.1, -0.05) is 0 Å². The summed E-state index contributed by atoms with van der Waals surface area (Å²) < 4.78 is 13.4. The lowest BCUT2D eigenvalue weighted by Crippen LogP contribution is -2.40. The van der Waals surface area contributed by atoms with Gasteiger partial charge < -0.3 is 29.6 Å². The number of carbonyl (C=O) groups excluding carboxylic acids is 1. The quantitative estimate of drug-likeness (QED) is 0.501. The van der Waals surface area contributed by atoms with Crippen molar-refractivity contribution in [3.8, 4) is 5.69 Å². The Kier molecular flexibility index (Phi) is 7.01. The molecule has 0 saturated carbocycles. The molecule has 1 atom stereocenters. The van der Waals surface area contributed by atoms with E-state index in [1.807, 2.05) is 62.7 Å². The number of fused-ring (bicyclic) bond motifs is 1. The van der Waals surface area contributed by atoms with Crippen LogP contribution in [-0.2, 0) is 22.4 Å². The van der Waals surface area contributed by atoms with Gasteiger partial charge in [-0.15, -0.1) is 0 Å². The molecule has 196 valence electrons. The molecule has 1 aromatic carbocycles. The van der Waals surface area contributed by atoms with E-state index in [4.69, 9.17) is 19.4 Å². The van der Waals surface area contributed by atoms with Gasteiger partial charge in [-0.25, -0.2) is 14.8 Å². The number of rotatable bonds is 6. The molecule has 10 heteroatoms. The van der Waals surface area contributed by atoms with Crippen LogP contribution in [0.25, 0.3) is 5.69 Å². The average molecular weight is 506 g/mol. The molecule has 10 nitrogen and oxygen atoms in total. The van der Waals surface area contributed by atoms with Crippen molar-refractivity contribution in [2.45, 2.75) is 65.2 Å². The van der Waals surface area contributed by atoms with Crippen LogP contribution in [0.15, 0.2) is 36.7 Å². The molecule has 2 aromatic heterocycles. The van der Waals surface area contributed by atoms with Crippen LogP contribution in [0.4, 0.5) is 22.2 Å². The number of nitrogens with one attached hydrogen (secondary N) is 2. The summed E-state index contributed by atoms with van der Waals surface area (Å²) in [4.78, 5) is 28.4. The maximum atomic E-state index is 12.7. The van der Waals surface area contributed by atoms with E-state index in [1.165, 1.54) is 0 Å². The Morgan fingerprint density at radius 1 is 1.22 bits per heavy atom. The summed E-state index contributed by atoms with van der Waals surface area (Å²) >= 11 is 0. The van der Waals surface area contributed by atoms with E-state index in [0.717, 1.165) is 53.7 Å². The van der Waals surface area contributed by atoms with Gasteiger partial charge in [0, 0.05) is 55.4 Å². The van der Waals surface area contributed by atoms with Crippen LogP contribution in [0.3, 0.4) is 0 Å². The van der Waals surface area contributed by atoms with Gasteiger partial charge in [0.1, 0.15) is 17.2 Å². The average Bonchev–Trinajstić information content (AvgIpc) is 3.53. The first-order chi connectivity index (χ1) is 17.7. The first kappa shape index (κ1) is 25.0. The first-order valence-corrected chi connectivity index (χ1v) is 12.9. The van der Waals surface area contributed by atoms with Crippen LogP contribution in [0.2, 0.25) is 0 Å². The third-order valence-corrected chi connectivity index (χ3v) is 6.46. The monoisotopic (exact) mass is 505 g/mol. The molecular weight excluding hydrogens is 470 g/mol. The SMILES string of the molecule is Cc1nccn1-c1ccc(Nc2nc3c(c(NC[C@@H]4CCCO4)n2)CN(C(=O)OC(C)(C)C)CC3)cc1. The number of imidazole rings is 1. The molecule has 1 amide bonds. The number of hydrogen-bond donors (Lipinski definition) is 2. The van der Waals surface area contributed by atoms with Crippen molar-refractivity contribution in [1.29, 1.82) is 0 Å². The van der Waals surface area contributed by atoms with Gasteiger partial charge in [-0.3, -0.25) is 0 Å². The molecular formula is C27H35N7O3. The highest BCUT2D eigenvalue weighted by atomic mass is 16.6. The topological polar surface area (TPSA) is 106 Å². The Bertz CT molecular complexity index is 1240. The molecule has 0 spiro atoms. The second kappa shape index (κ2) is 10.4. The van der Waals surface area contributed by atoms with Crippen molar-refractivity contribution in [1.82, 2.24) is 24.4 Å². The van der Waals surface area contributed by atoms with Crippen LogP contribution < -0.4 is 10.6 Å². The van der Waals surface area contributed by atoms with E-state index in [9.17, 15) is 4.79 Å². The number of carbonyl (C=O) groups is 1. The van der Waals surface area contributed by atoms with Crippen molar-refractivity contribution in [2.24, 2.45) is 0 Å². The first-order valence-electron chi connectivity index (χ1n) is 12.9. The fourth-order valence-electron chi connectivity index (χ4n) is 4.60. The highest BCUT2D eigenvalue weighted by Gasteiger charge is 2.29. The van der Waals surface area contributed by atoms with Crippen LogP contribution in [0.1, 0.15) is 50.7 Å². The fraction of sp³-hybridized carbons (Fsp3) is 0.481. The number of aromatic nitrogens is 4. The maximum absolute atomic E-state index is 12.7. The van der Waals surface area contributed by atoms with Crippen LogP contribution in [-0.4, -0.2) is 61.9 Å². The zero-order valence-electron chi connectivity index (χ0n) is 22.0. The van der Waals surface area contributed by atoms with E-state index in [1.54, 1.807) is 11.1 Å². The van der Waals surface area contributed by atoms with Crippen molar-refractivity contribution in [3.63, 3.8) is 0 Å². The summed E-state index contributed by atoms with van der Waals surface area (Å²) in [6.07, 6.45) is 6.29. The van der Waals surface area contributed by atoms with Crippen LogP contribution in [0, 0.1) is 6.92 Å². The Morgan fingerprint density at radius 2 is 2.03 bits per heavy atom. The minimum atomic E-state index is -0.547. The smallest absolute Gasteiger partial charge is 0.410 e. The van der Waals surface area contributed by atoms with Crippen LogP contribution in [0.5, 0.6) is 0 Å². The van der Waals surface area contributed by atoms with Gasteiger partial charge in [0.05, 0.1) is 18.3 Å². The Balaban J connectivity index is 1.37. The second-order valence-corrected chi connectivity index (χ2v) is 10.5. The summed E-state index contributed by atoms with van der Waals surface area (Å²) in [5.41, 5.74) is 3.23. The Labute approximate surface area is 217 Å². The molecule has 0 bridgehead atoms. The molecule has 0 radical (unpaired) electrons. The molecule has 37 heavy (non-hydrogen) atoms. The minimum Gasteiger partial charge on any atom is -0.444 e. The standard InChI is InChI=1S/C27H35N7O3/c1-18-28-12-14-34(18)20-9-7-19(8-10-20)30-25-31-23-11-13-33(26(35)37-27(2,3)4)17-22(23)24(32-25)29-16-21-6-5-15-36-21/h7-10,12,14,21H,5-6,11,13,15-17H2,1-4H3,(H2,29,30,31,32)/t21-/m0/s1. The summed E-state index contributed by atoms with van der Waals surface area (Å²) in [6, 6.07) is 8.07. The lowest BCUT2D eigenvalue weighted by Gasteiger charge is -2.31. The molecule has 1 saturated heterocycles. The molecule has 2 N–H and O–H groups in total. The third kappa shape index (κ3) is 6.02. The highest BCUT2D eigenvalue weighted by Crippen LogP contribution is 2.28. The van der Waals surface area contributed by atoms with Gasteiger partial charge in [0.2, 0.25) is 5.95 Å². The van der Waals surface area contributed by atoms with Crippen LogP contribution >= 0.6 is 0 Å². The molecule has 2 aliphatic rings. The Morgan fingerprint density at radius 3 is 2.70 bits per heavy atom. The summed E-state index contributed by atoms with van der Waals surface area (Å²) in [7, 11) is 0. The highest BCUT2D eigenvalue weighted by molar-refractivity contribution is 5.69. The molecule has 1 fully saturated rings. The van der Waals surface area contributed by atoms with E-state index < -0.39 is 5.60 Å². The molecule has 0 aliphatic carbocycles. The predicted octanol–water partition coefficient (Wildman–Crippen LogP) is 4.60. The fourth-order valence-corrected chi connectivity index (χ4v) is 4.60. The van der Waals surface area contributed by atoms with Crippen molar-refractivity contribution in [3.05, 3.63) is 53.7 Å². The molecule has 0 unspecified atom stereocenters. The van der Waals surface area contributed by atoms with Crippen molar-refractivity contribution >= 4 is 23.5 Å². The number of ether oxygens (including phenoxy) is 2. The van der Waals surface area contributed by atoms with Gasteiger partial charge in [-0.05, 0) is 64.8 Å². The predicted molar refractivity (Wildman–Crippen MR) is 141 cm³/mol. The molecule has 2 aliphatic heterocycles. The number of benzene rings is 1. The number of anilines is 3. The number of amides is 1. The zero-order valence-corrected chi connectivity index (χ0v) is 22.0. The molecule has 3 aromatic rings.